The summed E-state index contributed by atoms with van der Waals surface area (Å²) in [5, 5.41) is 6.20. The molecule has 0 saturated carbocycles. The third-order valence-electron chi connectivity index (χ3n) is 2.98. The summed E-state index contributed by atoms with van der Waals surface area (Å²) in [4.78, 5) is 37.1. The molecule has 0 aliphatic heterocycles. The molecule has 0 radical (unpaired) electrons. The lowest BCUT2D eigenvalue weighted by atomic mass is 10.1. The van der Waals surface area contributed by atoms with Gasteiger partial charge in [0.15, 0.2) is 6.54 Å². The minimum absolute atomic E-state index is 0.251. The first-order valence-electron chi connectivity index (χ1n) is 6.89. The molecule has 9 nitrogen and oxygen atoms in total. The first-order chi connectivity index (χ1) is 11.3. The fraction of sp³-hybridized carbons (Fsp3) is 0.214. The minimum atomic E-state index is -0.764. The molecule has 0 aliphatic rings. The molecule has 0 aliphatic carbocycles. The molecule has 10 heteroatoms. The standard InChI is InChI=1S/C14H15BrN6O3/c1-8(2)17-18-13(23)12-14(24)21(16)19-20(12)7-11(22)9-3-5-10(15)6-4-9/h3-6H,7H2,1-2H3,(H3-,16,18,19,23,24)/p+1. The number of aromatic nitrogens is 3. The van der Waals surface area contributed by atoms with Crippen LogP contribution in [0, 0.1) is 0 Å². The number of hydrazone groups is 1. The second-order valence-corrected chi connectivity index (χ2v) is 6.06. The maximum atomic E-state index is 12.3. The van der Waals surface area contributed by atoms with Crippen LogP contribution in [0.5, 0.6) is 0 Å². The third kappa shape index (κ3) is 3.96. The number of rotatable bonds is 5. The number of H-pyrrole nitrogens is 1. The van der Waals surface area contributed by atoms with Crippen LogP contribution in [0.4, 0.5) is 0 Å². The highest BCUT2D eigenvalue weighted by Gasteiger charge is 2.29. The monoisotopic (exact) mass is 395 g/mol. The van der Waals surface area contributed by atoms with Crippen molar-refractivity contribution >= 4 is 33.3 Å². The number of nitrogens with one attached hydrogen (secondary N) is 2. The zero-order valence-corrected chi connectivity index (χ0v) is 14.6. The van der Waals surface area contributed by atoms with Gasteiger partial charge in [0.2, 0.25) is 5.78 Å². The number of carbonyl (C=O) groups is 2. The zero-order valence-electron chi connectivity index (χ0n) is 13.0. The fourth-order valence-corrected chi connectivity index (χ4v) is 2.14. The number of ketones is 1. The predicted octanol–water partition coefficient (Wildman–Crippen LogP) is -0.0513. The summed E-state index contributed by atoms with van der Waals surface area (Å²) in [6.45, 7) is 3.12. The maximum Gasteiger partial charge on any atom is 0.430 e. The molecular weight excluding hydrogens is 380 g/mol. The van der Waals surface area contributed by atoms with E-state index in [1.54, 1.807) is 38.1 Å². The van der Waals surface area contributed by atoms with E-state index >= 15 is 0 Å². The molecule has 1 aromatic heterocycles. The minimum Gasteiger partial charge on any atom is -0.290 e. The Kier molecular flexibility index (Phi) is 5.29. The zero-order chi connectivity index (χ0) is 17.9. The largest absolute Gasteiger partial charge is 0.430 e. The number of halogens is 1. The average molecular weight is 396 g/mol. The van der Waals surface area contributed by atoms with E-state index in [1.165, 1.54) is 0 Å². The van der Waals surface area contributed by atoms with Crippen molar-refractivity contribution in [2.24, 2.45) is 5.10 Å². The van der Waals surface area contributed by atoms with Crippen LogP contribution in [-0.2, 0) is 6.54 Å². The van der Waals surface area contributed by atoms with Crippen LogP contribution in [0.1, 0.15) is 34.7 Å². The van der Waals surface area contributed by atoms with Gasteiger partial charge in [-0.25, -0.2) is 16.1 Å². The summed E-state index contributed by atoms with van der Waals surface area (Å²) in [6, 6.07) is 6.71. The normalized spacial score (nSPS) is 10.3. The van der Waals surface area contributed by atoms with Gasteiger partial charge in [-0.2, -0.15) is 5.10 Å². The number of carbonyl (C=O) groups excluding carboxylic acids is 2. The van der Waals surface area contributed by atoms with E-state index in [1.807, 2.05) is 0 Å². The molecular formula is C14H16BrN6O3+. The van der Waals surface area contributed by atoms with Crippen LogP contribution in [0.25, 0.3) is 0 Å². The average Bonchev–Trinajstić information content (AvgIpc) is 2.80. The van der Waals surface area contributed by atoms with E-state index in [4.69, 9.17) is 5.84 Å². The van der Waals surface area contributed by atoms with Crippen LogP contribution in [0.15, 0.2) is 38.6 Å². The summed E-state index contributed by atoms with van der Waals surface area (Å²) < 4.78 is 1.92. The van der Waals surface area contributed by atoms with Gasteiger partial charge in [0.25, 0.3) is 0 Å². The van der Waals surface area contributed by atoms with Crippen molar-refractivity contribution in [3.8, 4) is 0 Å². The highest BCUT2D eigenvalue weighted by molar-refractivity contribution is 9.10. The van der Waals surface area contributed by atoms with Crippen LogP contribution in [0.2, 0.25) is 0 Å². The van der Waals surface area contributed by atoms with Crippen LogP contribution >= 0.6 is 15.9 Å². The molecule has 0 bridgehead atoms. The third-order valence-corrected chi connectivity index (χ3v) is 3.51. The Morgan fingerprint density at radius 2 is 1.96 bits per heavy atom. The molecule has 0 unspecified atom stereocenters. The Hall–Kier alpha value is -2.75. The highest BCUT2D eigenvalue weighted by atomic mass is 79.9. The number of nitrogens with two attached hydrogens (primary N) is 1. The highest BCUT2D eigenvalue weighted by Crippen LogP contribution is 2.10. The summed E-state index contributed by atoms with van der Waals surface area (Å²) in [6.07, 6.45) is 0. The molecule has 1 amide bonds. The number of benzene rings is 1. The van der Waals surface area contributed by atoms with Crippen LogP contribution in [0.3, 0.4) is 0 Å². The number of nitrogen functional groups attached to an aromatic ring is 1. The molecule has 0 spiro atoms. The topological polar surface area (TPSA) is 126 Å². The van der Waals surface area contributed by atoms with Crippen molar-refractivity contribution in [1.29, 1.82) is 0 Å². The van der Waals surface area contributed by atoms with Gasteiger partial charge in [-0.1, -0.05) is 33.3 Å². The van der Waals surface area contributed by atoms with Gasteiger partial charge in [-0.3, -0.25) is 9.59 Å². The van der Waals surface area contributed by atoms with Gasteiger partial charge < -0.3 is 0 Å². The van der Waals surface area contributed by atoms with Gasteiger partial charge in [-0.05, 0) is 30.8 Å². The van der Waals surface area contributed by atoms with Gasteiger partial charge in [-0.15, -0.1) is 4.68 Å². The summed E-state index contributed by atoms with van der Waals surface area (Å²) in [5.74, 6) is 4.41. The van der Waals surface area contributed by atoms with E-state index < -0.39 is 11.5 Å². The number of hydrogen-bond donors (Lipinski definition) is 3. The number of nitrogens with zero attached hydrogens (tertiary/aromatic N) is 3. The lowest BCUT2D eigenvalue weighted by Gasteiger charge is -2.01. The molecule has 4 N–H and O–H groups in total. The first-order valence-corrected chi connectivity index (χ1v) is 7.69. The number of amides is 1. The fourth-order valence-electron chi connectivity index (χ4n) is 1.88. The number of Topliss-reactive ketones (excluding diaryl/α,β-unsaturated/α-hetero) is 1. The van der Waals surface area contributed by atoms with Crippen molar-refractivity contribution in [2.45, 2.75) is 20.4 Å². The van der Waals surface area contributed by atoms with Gasteiger partial charge in [0, 0.05) is 15.7 Å². The predicted molar refractivity (Wildman–Crippen MR) is 90.1 cm³/mol. The lowest BCUT2D eigenvalue weighted by Crippen LogP contribution is -2.48. The molecule has 126 valence electrons. The second-order valence-electron chi connectivity index (χ2n) is 5.14. The molecule has 24 heavy (non-hydrogen) atoms. The van der Waals surface area contributed by atoms with Crippen molar-refractivity contribution in [1.82, 2.24) is 15.4 Å². The van der Waals surface area contributed by atoms with E-state index in [9.17, 15) is 14.4 Å². The molecule has 2 aromatic rings. The van der Waals surface area contributed by atoms with E-state index in [0.29, 0.717) is 16.1 Å². The van der Waals surface area contributed by atoms with Gasteiger partial charge in [0.05, 0.1) is 0 Å². The van der Waals surface area contributed by atoms with Gasteiger partial charge in [0.1, 0.15) is 0 Å². The Bertz CT molecular complexity index is 862. The van der Waals surface area contributed by atoms with Crippen molar-refractivity contribution < 1.29 is 14.3 Å². The van der Waals surface area contributed by atoms with Crippen molar-refractivity contribution in [3.63, 3.8) is 0 Å². The van der Waals surface area contributed by atoms with Crippen molar-refractivity contribution in [3.05, 3.63) is 50.3 Å². The van der Waals surface area contributed by atoms with E-state index in [0.717, 1.165) is 9.15 Å². The van der Waals surface area contributed by atoms with Gasteiger partial charge >= 0.3 is 17.2 Å². The van der Waals surface area contributed by atoms with Crippen LogP contribution < -0.4 is 21.5 Å². The van der Waals surface area contributed by atoms with E-state index in [-0.39, 0.29) is 18.0 Å². The molecule has 0 atom stereocenters. The molecule has 1 aromatic carbocycles. The summed E-state index contributed by atoms with van der Waals surface area (Å²) in [5.41, 5.74) is 2.20. The SMILES string of the molecule is CC(C)=NNC(=O)c1c(=O)n(N)[nH][n+]1CC(=O)c1ccc(Br)cc1. The smallest absolute Gasteiger partial charge is 0.290 e. The number of aromatic amines is 1. The molecule has 0 fully saturated rings. The first kappa shape index (κ1) is 17.6. The molecule has 0 saturated heterocycles. The Morgan fingerprint density at radius 3 is 2.54 bits per heavy atom. The Balaban J connectivity index is 2.30. The Labute approximate surface area is 145 Å². The molecule has 1 heterocycles. The summed E-state index contributed by atoms with van der Waals surface area (Å²) in [7, 11) is 0. The Morgan fingerprint density at radius 1 is 1.33 bits per heavy atom. The maximum absolute atomic E-state index is 12.3. The van der Waals surface area contributed by atoms with Crippen LogP contribution in [-0.4, -0.2) is 27.4 Å². The quantitative estimate of drug-likeness (QED) is 0.215. The molecule has 2 rings (SSSR count). The van der Waals surface area contributed by atoms with E-state index in [2.05, 4.69) is 31.7 Å². The lowest BCUT2D eigenvalue weighted by molar-refractivity contribution is -0.744. The van der Waals surface area contributed by atoms with Crippen molar-refractivity contribution in [2.75, 3.05) is 5.84 Å². The number of hydrogen-bond acceptors (Lipinski definition) is 5. The second kappa shape index (κ2) is 7.21. The summed E-state index contributed by atoms with van der Waals surface area (Å²) >= 11 is 3.28.